The van der Waals surface area contributed by atoms with Crippen LogP contribution in [0.1, 0.15) is 168 Å². The predicted octanol–water partition coefficient (Wildman–Crippen LogP) is 10.6. The average Bonchev–Trinajstić information content (AvgIpc) is 2.98. The minimum atomic E-state index is -0.402. The molecule has 0 N–H and O–H groups in total. The molecule has 0 aromatic heterocycles. The lowest BCUT2D eigenvalue weighted by atomic mass is 10.1. The zero-order chi connectivity index (χ0) is 29.9. The summed E-state index contributed by atoms with van der Waals surface area (Å²) in [6.45, 7) is 5.88. The molecule has 0 aliphatic rings. The molecule has 0 rings (SSSR count). The monoisotopic (exact) mass is 578 g/mol. The number of ether oxygens (including phenoxy) is 3. The number of aldehydes is 2. The first-order valence-corrected chi connectivity index (χ1v) is 17.4. The quantitative estimate of drug-likeness (QED) is 0.0329. The Hall–Kier alpha value is -1.30. The summed E-state index contributed by atoms with van der Waals surface area (Å²) < 4.78 is 18.8. The fourth-order valence-corrected chi connectivity index (χ4v) is 4.68. The smallest absolute Gasteiger partial charge is 0.180 e. The van der Waals surface area contributed by atoms with Crippen LogP contribution >= 0.6 is 0 Å². The van der Waals surface area contributed by atoms with E-state index in [1.807, 2.05) is 0 Å². The second-order valence-electron chi connectivity index (χ2n) is 11.3. The summed E-state index contributed by atoms with van der Waals surface area (Å²) in [5.74, 6) is 0. The van der Waals surface area contributed by atoms with E-state index in [9.17, 15) is 9.59 Å². The third kappa shape index (κ3) is 31.5. The van der Waals surface area contributed by atoms with Crippen molar-refractivity contribution in [2.45, 2.75) is 181 Å². The SMILES string of the molecule is CCCCCCCOC(C=CCCCCCCCC=O)OC(C=CCCCCCCCC=O)OCCCCCCC. The molecule has 240 valence electrons. The molecule has 0 aliphatic heterocycles. The standard InChI is InChI=1S/C36H66O5/c1-3-5-7-21-27-33-39-35(29-23-17-13-9-11-15-19-25-31-37)41-36(40-34-28-22-8-6-4-2)30-24-18-14-10-12-16-20-26-32-38/h23-24,29-32,35-36H,3-22,25-28,33-34H2,1-2H3. The maximum atomic E-state index is 10.5. The molecule has 2 atom stereocenters. The first-order chi connectivity index (χ1) is 20.3. The normalized spacial score (nSPS) is 13.3. The fourth-order valence-electron chi connectivity index (χ4n) is 4.68. The number of hydrogen-bond acceptors (Lipinski definition) is 5. The van der Waals surface area contributed by atoms with Gasteiger partial charge in [0, 0.05) is 12.8 Å². The van der Waals surface area contributed by atoms with Gasteiger partial charge in [0.1, 0.15) is 12.6 Å². The van der Waals surface area contributed by atoms with E-state index in [4.69, 9.17) is 14.2 Å². The summed E-state index contributed by atoms with van der Waals surface area (Å²) in [4.78, 5) is 20.9. The lowest BCUT2D eigenvalue weighted by Gasteiger charge is -2.22. The van der Waals surface area contributed by atoms with Gasteiger partial charge < -0.3 is 23.8 Å². The van der Waals surface area contributed by atoms with Crippen molar-refractivity contribution >= 4 is 12.6 Å². The van der Waals surface area contributed by atoms with Crippen molar-refractivity contribution in [3.63, 3.8) is 0 Å². The van der Waals surface area contributed by atoms with Crippen LogP contribution in [0, 0.1) is 0 Å². The number of unbranched alkanes of at least 4 members (excludes halogenated alkanes) is 20. The number of allylic oxidation sites excluding steroid dienone is 2. The Bertz CT molecular complexity index is 539. The van der Waals surface area contributed by atoms with E-state index in [1.54, 1.807) is 0 Å². The molecule has 0 radical (unpaired) electrons. The van der Waals surface area contributed by atoms with Crippen molar-refractivity contribution < 1.29 is 23.8 Å². The van der Waals surface area contributed by atoms with E-state index >= 15 is 0 Å². The molecule has 5 nitrogen and oxygen atoms in total. The number of carbonyl (C=O) groups excluding carboxylic acids is 2. The molecule has 0 spiro atoms. The average molecular weight is 579 g/mol. The third-order valence-corrected chi connectivity index (χ3v) is 7.30. The minimum absolute atomic E-state index is 0.402. The first kappa shape index (κ1) is 39.7. The van der Waals surface area contributed by atoms with Crippen LogP contribution in [0.5, 0.6) is 0 Å². The van der Waals surface area contributed by atoms with Crippen molar-refractivity contribution in [3.05, 3.63) is 24.3 Å². The maximum Gasteiger partial charge on any atom is 0.180 e. The van der Waals surface area contributed by atoms with Gasteiger partial charge in [-0.1, -0.05) is 116 Å². The zero-order valence-corrected chi connectivity index (χ0v) is 27.0. The van der Waals surface area contributed by atoms with Crippen LogP contribution in [0.4, 0.5) is 0 Å². The Morgan fingerprint density at radius 2 is 0.780 bits per heavy atom. The molecule has 0 aromatic carbocycles. The second-order valence-corrected chi connectivity index (χ2v) is 11.3. The van der Waals surface area contributed by atoms with Crippen LogP contribution < -0.4 is 0 Å². The molecule has 0 saturated heterocycles. The topological polar surface area (TPSA) is 61.8 Å². The molecule has 41 heavy (non-hydrogen) atoms. The highest BCUT2D eigenvalue weighted by molar-refractivity contribution is 5.49. The zero-order valence-electron chi connectivity index (χ0n) is 27.0. The van der Waals surface area contributed by atoms with Crippen LogP contribution in [-0.2, 0) is 23.8 Å². The molecular weight excluding hydrogens is 512 g/mol. The Kier molecular flexibility index (Phi) is 33.8. The summed E-state index contributed by atoms with van der Waals surface area (Å²) >= 11 is 0. The molecule has 5 heteroatoms. The lowest BCUT2D eigenvalue weighted by Crippen LogP contribution is -2.25. The van der Waals surface area contributed by atoms with Gasteiger partial charge in [0.05, 0.1) is 13.2 Å². The Balaban J connectivity index is 4.82. The van der Waals surface area contributed by atoms with Gasteiger partial charge in [0.25, 0.3) is 0 Å². The molecule has 0 heterocycles. The van der Waals surface area contributed by atoms with E-state index in [2.05, 4.69) is 38.2 Å². The lowest BCUT2D eigenvalue weighted by molar-refractivity contribution is -0.208. The summed E-state index contributed by atoms with van der Waals surface area (Å²) in [6, 6.07) is 0. The van der Waals surface area contributed by atoms with Crippen molar-refractivity contribution in [3.8, 4) is 0 Å². The molecule has 0 saturated carbocycles. The molecule has 0 bridgehead atoms. The third-order valence-electron chi connectivity index (χ3n) is 7.30. The molecule has 2 unspecified atom stereocenters. The van der Waals surface area contributed by atoms with Crippen LogP contribution in [0.15, 0.2) is 24.3 Å². The summed E-state index contributed by atoms with van der Waals surface area (Å²) in [5.41, 5.74) is 0. The fraction of sp³-hybridized carbons (Fsp3) is 0.833. The molecular formula is C36H66O5. The summed E-state index contributed by atoms with van der Waals surface area (Å²) in [7, 11) is 0. The molecule has 0 aliphatic carbocycles. The Morgan fingerprint density at radius 3 is 1.17 bits per heavy atom. The van der Waals surface area contributed by atoms with E-state index in [0.29, 0.717) is 26.1 Å². The van der Waals surface area contributed by atoms with Crippen LogP contribution in [-0.4, -0.2) is 38.4 Å². The molecule has 0 aromatic rings. The van der Waals surface area contributed by atoms with Gasteiger partial charge in [-0.25, -0.2) is 0 Å². The first-order valence-electron chi connectivity index (χ1n) is 17.4. The van der Waals surface area contributed by atoms with Gasteiger partial charge in [0.2, 0.25) is 0 Å². The van der Waals surface area contributed by atoms with Crippen molar-refractivity contribution in [1.29, 1.82) is 0 Å². The van der Waals surface area contributed by atoms with E-state index in [-0.39, 0.29) is 0 Å². The highest BCUT2D eigenvalue weighted by Crippen LogP contribution is 2.14. The van der Waals surface area contributed by atoms with Crippen LogP contribution in [0.2, 0.25) is 0 Å². The van der Waals surface area contributed by atoms with Gasteiger partial charge in [-0.15, -0.1) is 0 Å². The second kappa shape index (κ2) is 34.9. The molecule has 0 amide bonds. The minimum Gasteiger partial charge on any atom is -0.349 e. The van der Waals surface area contributed by atoms with E-state index in [1.165, 1.54) is 77.0 Å². The van der Waals surface area contributed by atoms with Crippen molar-refractivity contribution in [2.75, 3.05) is 13.2 Å². The van der Waals surface area contributed by atoms with Gasteiger partial charge in [-0.2, -0.15) is 0 Å². The summed E-state index contributed by atoms with van der Waals surface area (Å²) in [5, 5.41) is 0. The van der Waals surface area contributed by atoms with Gasteiger partial charge in [-0.05, 0) is 63.5 Å². The highest BCUT2D eigenvalue weighted by Gasteiger charge is 2.13. The largest absolute Gasteiger partial charge is 0.349 e. The number of carbonyl (C=O) groups is 2. The van der Waals surface area contributed by atoms with Gasteiger partial charge in [0.15, 0.2) is 12.6 Å². The predicted molar refractivity (Wildman–Crippen MR) is 173 cm³/mol. The molecule has 0 fully saturated rings. The van der Waals surface area contributed by atoms with Gasteiger partial charge in [-0.3, -0.25) is 0 Å². The Labute approximate surface area is 254 Å². The van der Waals surface area contributed by atoms with Crippen LogP contribution in [0.25, 0.3) is 0 Å². The van der Waals surface area contributed by atoms with Crippen molar-refractivity contribution in [2.24, 2.45) is 0 Å². The van der Waals surface area contributed by atoms with Crippen molar-refractivity contribution in [1.82, 2.24) is 0 Å². The highest BCUT2D eigenvalue weighted by atomic mass is 16.8. The Morgan fingerprint density at radius 1 is 0.439 bits per heavy atom. The van der Waals surface area contributed by atoms with E-state index in [0.717, 1.165) is 76.8 Å². The van der Waals surface area contributed by atoms with Crippen LogP contribution in [0.3, 0.4) is 0 Å². The number of hydrogen-bond donors (Lipinski definition) is 0. The van der Waals surface area contributed by atoms with Gasteiger partial charge >= 0.3 is 0 Å². The maximum absolute atomic E-state index is 10.5. The summed E-state index contributed by atoms with van der Waals surface area (Å²) in [6.07, 6.45) is 36.6. The number of rotatable bonds is 34. The van der Waals surface area contributed by atoms with E-state index < -0.39 is 12.6 Å².